The first kappa shape index (κ1) is 14.0. The Morgan fingerprint density at radius 3 is 2.61 bits per heavy atom. The second kappa shape index (κ2) is 4.94. The molecule has 0 spiro atoms. The summed E-state index contributed by atoms with van der Waals surface area (Å²) >= 11 is 3.52. The molecule has 1 fully saturated rings. The van der Waals surface area contributed by atoms with Gasteiger partial charge in [0.05, 0.1) is 0 Å². The Labute approximate surface area is 116 Å². The van der Waals surface area contributed by atoms with Gasteiger partial charge in [0.2, 0.25) is 0 Å². The van der Waals surface area contributed by atoms with Crippen LogP contribution in [0, 0.1) is 12.8 Å². The van der Waals surface area contributed by atoms with E-state index in [-0.39, 0.29) is 5.03 Å². The van der Waals surface area contributed by atoms with Gasteiger partial charge < -0.3 is 4.57 Å². The van der Waals surface area contributed by atoms with Gasteiger partial charge >= 0.3 is 0 Å². The summed E-state index contributed by atoms with van der Waals surface area (Å²) in [6, 6.07) is 0. The van der Waals surface area contributed by atoms with E-state index in [1.165, 1.54) is 4.31 Å². The molecule has 1 heterocycles. The monoisotopic (exact) mass is 335 g/mol. The zero-order valence-corrected chi connectivity index (χ0v) is 13.2. The summed E-state index contributed by atoms with van der Waals surface area (Å²) in [6.45, 7) is 2.36. The van der Waals surface area contributed by atoms with Crippen molar-refractivity contribution in [1.82, 2.24) is 13.9 Å². The van der Waals surface area contributed by atoms with Gasteiger partial charge in [0.15, 0.2) is 5.03 Å². The fraction of sp³-hybridized carbons (Fsp3) is 0.727. The standard InChI is InChI=1S/C11H18BrN3O2S/c1-8-13-11(7-14(8)2)18(16,17)15(3)6-9-4-10(12)5-9/h7,9-10H,4-6H2,1-3H3. The van der Waals surface area contributed by atoms with Crippen molar-refractivity contribution in [3.63, 3.8) is 0 Å². The molecule has 1 saturated carbocycles. The molecule has 1 aliphatic carbocycles. The Balaban J connectivity index is 2.10. The van der Waals surface area contributed by atoms with Crippen molar-refractivity contribution in [3.05, 3.63) is 12.0 Å². The summed E-state index contributed by atoms with van der Waals surface area (Å²) in [6.07, 6.45) is 3.65. The summed E-state index contributed by atoms with van der Waals surface area (Å²) in [5.74, 6) is 1.16. The number of aromatic nitrogens is 2. The lowest BCUT2D eigenvalue weighted by Gasteiger charge is -2.33. The highest BCUT2D eigenvalue weighted by molar-refractivity contribution is 9.09. The Morgan fingerprint density at radius 2 is 2.17 bits per heavy atom. The highest BCUT2D eigenvalue weighted by Crippen LogP contribution is 2.34. The third-order valence-corrected chi connectivity index (χ3v) is 5.90. The Hall–Kier alpha value is -0.400. The van der Waals surface area contributed by atoms with E-state index < -0.39 is 10.0 Å². The van der Waals surface area contributed by atoms with Gasteiger partial charge in [-0.1, -0.05) is 15.9 Å². The minimum absolute atomic E-state index is 0.139. The van der Waals surface area contributed by atoms with Gasteiger partial charge in [0.25, 0.3) is 10.0 Å². The number of aryl methyl sites for hydroxylation is 2. The molecule has 0 bridgehead atoms. The van der Waals surface area contributed by atoms with Gasteiger partial charge in [-0.05, 0) is 25.7 Å². The minimum Gasteiger partial charge on any atom is -0.337 e. The van der Waals surface area contributed by atoms with Crippen molar-refractivity contribution in [3.8, 4) is 0 Å². The molecule has 7 heteroatoms. The molecule has 2 rings (SSSR count). The maximum Gasteiger partial charge on any atom is 0.261 e. The average Bonchev–Trinajstić information content (AvgIpc) is 2.57. The number of hydrogen-bond acceptors (Lipinski definition) is 3. The summed E-state index contributed by atoms with van der Waals surface area (Å²) in [5.41, 5.74) is 0. The van der Waals surface area contributed by atoms with E-state index in [0.717, 1.165) is 12.8 Å². The van der Waals surface area contributed by atoms with Crippen LogP contribution in [-0.2, 0) is 17.1 Å². The highest BCUT2D eigenvalue weighted by atomic mass is 79.9. The fourth-order valence-electron chi connectivity index (χ4n) is 2.08. The number of rotatable bonds is 4. The normalized spacial score (nSPS) is 24.3. The second-order valence-corrected chi connectivity index (χ2v) is 8.24. The molecular formula is C11H18BrN3O2S. The average molecular weight is 336 g/mol. The highest BCUT2D eigenvalue weighted by Gasteiger charge is 2.32. The van der Waals surface area contributed by atoms with Crippen molar-refractivity contribution in [2.45, 2.75) is 29.6 Å². The van der Waals surface area contributed by atoms with Crippen LogP contribution in [0.3, 0.4) is 0 Å². The molecule has 0 N–H and O–H groups in total. The van der Waals surface area contributed by atoms with Gasteiger partial charge in [-0.25, -0.2) is 13.4 Å². The molecule has 5 nitrogen and oxygen atoms in total. The molecule has 0 aliphatic heterocycles. The van der Waals surface area contributed by atoms with Gasteiger partial charge in [0.1, 0.15) is 5.82 Å². The lowest BCUT2D eigenvalue weighted by atomic mass is 9.85. The van der Waals surface area contributed by atoms with Crippen LogP contribution in [0.5, 0.6) is 0 Å². The maximum absolute atomic E-state index is 12.3. The van der Waals surface area contributed by atoms with Gasteiger partial charge in [-0.2, -0.15) is 4.31 Å². The molecule has 102 valence electrons. The number of hydrogen-bond donors (Lipinski definition) is 0. The van der Waals surface area contributed by atoms with E-state index in [0.29, 0.717) is 23.1 Å². The van der Waals surface area contributed by atoms with Crippen LogP contribution >= 0.6 is 15.9 Å². The number of imidazole rings is 1. The summed E-state index contributed by atoms with van der Waals surface area (Å²) in [5, 5.41) is 0.139. The van der Waals surface area contributed by atoms with E-state index in [9.17, 15) is 8.42 Å². The van der Waals surface area contributed by atoms with Crippen molar-refractivity contribution >= 4 is 26.0 Å². The Kier molecular flexibility index (Phi) is 3.85. The molecule has 1 aromatic rings. The van der Waals surface area contributed by atoms with Crippen LogP contribution in [0.1, 0.15) is 18.7 Å². The van der Waals surface area contributed by atoms with E-state index in [1.807, 2.05) is 0 Å². The molecule has 1 aliphatic rings. The van der Waals surface area contributed by atoms with E-state index >= 15 is 0 Å². The van der Waals surface area contributed by atoms with Crippen molar-refractivity contribution in [2.24, 2.45) is 13.0 Å². The molecule has 0 atom stereocenters. The first-order chi connectivity index (χ1) is 8.30. The number of sulfonamides is 1. The zero-order valence-electron chi connectivity index (χ0n) is 10.8. The number of nitrogens with zero attached hydrogens (tertiary/aromatic N) is 3. The Morgan fingerprint density at radius 1 is 1.56 bits per heavy atom. The number of halogens is 1. The SMILES string of the molecule is Cc1nc(S(=O)(=O)N(C)CC2CC(Br)C2)cn1C. The van der Waals surface area contributed by atoms with Crippen LogP contribution < -0.4 is 0 Å². The van der Waals surface area contributed by atoms with E-state index in [4.69, 9.17) is 0 Å². The lowest BCUT2D eigenvalue weighted by Crippen LogP contribution is -2.37. The minimum atomic E-state index is -3.44. The lowest BCUT2D eigenvalue weighted by molar-refractivity contribution is 0.275. The summed E-state index contributed by atoms with van der Waals surface area (Å²) < 4.78 is 27.7. The number of alkyl halides is 1. The fourth-order valence-corrected chi connectivity index (χ4v) is 4.40. The third kappa shape index (κ3) is 2.62. The molecule has 18 heavy (non-hydrogen) atoms. The van der Waals surface area contributed by atoms with Crippen LogP contribution in [0.25, 0.3) is 0 Å². The molecule has 1 aromatic heterocycles. The molecule has 0 amide bonds. The summed E-state index contributed by atoms with van der Waals surface area (Å²) in [7, 11) is -0.0231. The first-order valence-electron chi connectivity index (χ1n) is 5.91. The quantitative estimate of drug-likeness (QED) is 0.784. The molecule has 0 saturated heterocycles. The second-order valence-electron chi connectivity index (χ2n) is 4.96. The first-order valence-corrected chi connectivity index (χ1v) is 8.26. The van der Waals surface area contributed by atoms with Crippen LogP contribution in [-0.4, -0.2) is 40.7 Å². The van der Waals surface area contributed by atoms with Gasteiger partial charge in [-0.15, -0.1) is 0 Å². The molecule has 0 aromatic carbocycles. The van der Waals surface area contributed by atoms with E-state index in [2.05, 4.69) is 20.9 Å². The zero-order chi connectivity index (χ0) is 13.5. The van der Waals surface area contributed by atoms with E-state index in [1.54, 1.807) is 31.8 Å². The van der Waals surface area contributed by atoms with Crippen LogP contribution in [0.15, 0.2) is 11.2 Å². The maximum atomic E-state index is 12.3. The van der Waals surface area contributed by atoms with Gasteiger partial charge in [-0.3, -0.25) is 0 Å². The Bertz CT molecular complexity index is 515. The molecular weight excluding hydrogens is 318 g/mol. The topological polar surface area (TPSA) is 55.2 Å². The summed E-state index contributed by atoms with van der Waals surface area (Å²) in [4.78, 5) is 4.64. The van der Waals surface area contributed by atoms with Crippen LogP contribution in [0.2, 0.25) is 0 Å². The predicted molar refractivity (Wildman–Crippen MR) is 73.2 cm³/mol. The largest absolute Gasteiger partial charge is 0.337 e. The predicted octanol–water partition coefficient (Wildman–Crippen LogP) is 1.52. The van der Waals surface area contributed by atoms with Crippen LogP contribution in [0.4, 0.5) is 0 Å². The molecule has 0 radical (unpaired) electrons. The van der Waals surface area contributed by atoms with Crippen molar-refractivity contribution in [2.75, 3.05) is 13.6 Å². The third-order valence-electron chi connectivity index (χ3n) is 3.45. The van der Waals surface area contributed by atoms with Crippen molar-refractivity contribution in [1.29, 1.82) is 0 Å². The smallest absolute Gasteiger partial charge is 0.261 e. The van der Waals surface area contributed by atoms with Gasteiger partial charge in [0, 0.05) is 31.7 Å². The molecule has 0 unspecified atom stereocenters. The van der Waals surface area contributed by atoms with Crippen molar-refractivity contribution < 1.29 is 8.42 Å².